The van der Waals surface area contributed by atoms with Crippen LogP contribution in [0.1, 0.15) is 51.6 Å². The molecule has 3 aromatic carbocycles. The zero-order chi connectivity index (χ0) is 29.1. The van der Waals surface area contributed by atoms with E-state index in [1.165, 1.54) is 11.1 Å². The van der Waals surface area contributed by atoms with Gasteiger partial charge in [0.05, 0.1) is 31.8 Å². The van der Waals surface area contributed by atoms with E-state index in [1.54, 1.807) is 14.2 Å². The maximum Gasteiger partial charge on any atom is 0.251 e. The van der Waals surface area contributed by atoms with Crippen LogP contribution >= 0.6 is 0 Å². The first kappa shape index (κ1) is 27.4. The van der Waals surface area contributed by atoms with Crippen LogP contribution in [0.25, 0.3) is 11.0 Å². The number of methoxy groups -OCH3 is 2. The van der Waals surface area contributed by atoms with E-state index in [9.17, 15) is 4.79 Å². The van der Waals surface area contributed by atoms with Crippen LogP contribution in [0.2, 0.25) is 0 Å². The number of anilines is 1. The normalized spacial score (nSPS) is 12.7. The molecule has 2 aromatic heterocycles. The molecule has 7 nitrogen and oxygen atoms in total. The highest BCUT2D eigenvalue weighted by Gasteiger charge is 2.28. The van der Waals surface area contributed by atoms with Gasteiger partial charge in [-0.1, -0.05) is 42.5 Å². The average molecular weight is 561 g/mol. The van der Waals surface area contributed by atoms with E-state index in [0.717, 1.165) is 52.4 Å². The van der Waals surface area contributed by atoms with Crippen LogP contribution in [0.3, 0.4) is 0 Å². The van der Waals surface area contributed by atoms with Crippen LogP contribution in [0, 0.1) is 6.92 Å². The number of ether oxygens (including phenoxy) is 2. The summed E-state index contributed by atoms with van der Waals surface area (Å²) >= 11 is 0. The van der Waals surface area contributed by atoms with Crippen molar-refractivity contribution in [2.45, 2.75) is 45.4 Å². The van der Waals surface area contributed by atoms with Crippen molar-refractivity contribution < 1.29 is 14.3 Å². The number of hydrogen-bond acceptors (Lipinski definition) is 5. The highest BCUT2D eigenvalue weighted by atomic mass is 16.5. The Balaban J connectivity index is 1.33. The topological polar surface area (TPSA) is 68.6 Å². The molecule has 0 radical (unpaired) electrons. The number of fused-ring (bicyclic) bond motifs is 1. The first-order valence-electron chi connectivity index (χ1n) is 14.4. The molecule has 6 rings (SSSR count). The summed E-state index contributed by atoms with van der Waals surface area (Å²) < 4.78 is 13.1. The van der Waals surface area contributed by atoms with Crippen LogP contribution in [-0.2, 0) is 19.6 Å². The molecule has 214 valence electrons. The third-order valence-corrected chi connectivity index (χ3v) is 7.81. The quantitative estimate of drug-likeness (QED) is 0.192. The average Bonchev–Trinajstić information content (AvgIpc) is 3.81. The molecule has 0 saturated heterocycles. The van der Waals surface area contributed by atoms with Crippen molar-refractivity contribution in [1.29, 1.82) is 0 Å². The van der Waals surface area contributed by atoms with Crippen molar-refractivity contribution in [2.24, 2.45) is 0 Å². The van der Waals surface area contributed by atoms with Crippen molar-refractivity contribution in [3.05, 3.63) is 119 Å². The molecule has 42 heavy (non-hydrogen) atoms. The second-order valence-electron chi connectivity index (χ2n) is 10.9. The second kappa shape index (κ2) is 12.0. The molecule has 0 spiro atoms. The van der Waals surface area contributed by atoms with E-state index in [0.29, 0.717) is 31.2 Å². The standard InChI is InChI=1S/C35H36N4O3/c1-24-19-33-32(20-29(39(33)28-13-14-28)21-36-35(40)27-7-5-4-6-8-27)37-34(24)38(22-25-9-15-30(41-2)16-10-25)23-26-11-17-31(42-3)18-12-26/h4-12,15-20,28H,13-14,21-23H2,1-3H3,(H,36,40). The van der Waals surface area contributed by atoms with Crippen molar-refractivity contribution in [2.75, 3.05) is 19.1 Å². The predicted molar refractivity (Wildman–Crippen MR) is 166 cm³/mol. The number of amides is 1. The summed E-state index contributed by atoms with van der Waals surface area (Å²) in [7, 11) is 3.37. The number of nitrogens with one attached hydrogen (secondary N) is 1. The molecule has 1 aliphatic carbocycles. The lowest BCUT2D eigenvalue weighted by atomic mass is 10.1. The van der Waals surface area contributed by atoms with Gasteiger partial charge in [-0.3, -0.25) is 4.79 Å². The van der Waals surface area contributed by atoms with Crippen molar-refractivity contribution in [3.63, 3.8) is 0 Å². The van der Waals surface area contributed by atoms with Crippen LogP contribution in [0.15, 0.2) is 91.0 Å². The summed E-state index contributed by atoms with van der Waals surface area (Å²) in [6.45, 7) is 3.98. The molecule has 1 amide bonds. The van der Waals surface area contributed by atoms with Gasteiger partial charge in [-0.2, -0.15) is 0 Å². The smallest absolute Gasteiger partial charge is 0.251 e. The highest BCUT2D eigenvalue weighted by Crippen LogP contribution is 2.40. The molecular formula is C35H36N4O3. The Bertz CT molecular complexity index is 1620. The lowest BCUT2D eigenvalue weighted by molar-refractivity contribution is 0.0950. The minimum absolute atomic E-state index is 0.0711. The zero-order valence-corrected chi connectivity index (χ0v) is 24.3. The molecule has 7 heteroatoms. The number of carbonyl (C=O) groups excluding carboxylic acids is 1. The summed E-state index contributed by atoms with van der Waals surface area (Å²) in [5.41, 5.74) is 7.27. The summed E-state index contributed by atoms with van der Waals surface area (Å²) in [5.74, 6) is 2.55. The molecule has 5 aromatic rings. The van der Waals surface area contributed by atoms with Gasteiger partial charge in [-0.05, 0) is 85.0 Å². The Morgan fingerprint density at radius 1 is 0.881 bits per heavy atom. The van der Waals surface area contributed by atoms with Gasteiger partial charge < -0.3 is 24.3 Å². The maximum absolute atomic E-state index is 12.8. The number of benzene rings is 3. The Morgan fingerprint density at radius 2 is 1.48 bits per heavy atom. The Hall–Kier alpha value is -4.78. The predicted octanol–water partition coefficient (Wildman–Crippen LogP) is 6.83. The SMILES string of the molecule is COc1ccc(CN(Cc2ccc(OC)cc2)c2nc3cc(CNC(=O)c4ccccc4)n(C4CC4)c3cc2C)cc1. The fraction of sp³-hybridized carbons (Fsp3) is 0.257. The minimum Gasteiger partial charge on any atom is -0.497 e. The van der Waals surface area contributed by atoms with Crippen LogP contribution in [-0.4, -0.2) is 29.7 Å². The molecule has 1 saturated carbocycles. The molecule has 0 atom stereocenters. The fourth-order valence-corrected chi connectivity index (χ4v) is 5.48. The van der Waals surface area contributed by atoms with Gasteiger partial charge in [0.25, 0.3) is 5.91 Å². The maximum atomic E-state index is 12.8. The Labute approximate surface area is 246 Å². The first-order valence-corrected chi connectivity index (χ1v) is 14.4. The second-order valence-corrected chi connectivity index (χ2v) is 10.9. The molecule has 1 N–H and O–H groups in total. The van der Waals surface area contributed by atoms with E-state index in [-0.39, 0.29) is 5.91 Å². The van der Waals surface area contributed by atoms with E-state index in [4.69, 9.17) is 14.5 Å². The van der Waals surface area contributed by atoms with Gasteiger partial charge >= 0.3 is 0 Å². The largest absolute Gasteiger partial charge is 0.497 e. The fourth-order valence-electron chi connectivity index (χ4n) is 5.48. The van der Waals surface area contributed by atoms with Gasteiger partial charge in [-0.25, -0.2) is 4.98 Å². The summed E-state index contributed by atoms with van der Waals surface area (Å²) in [6, 6.07) is 30.6. The van der Waals surface area contributed by atoms with Crippen LogP contribution < -0.4 is 19.7 Å². The zero-order valence-electron chi connectivity index (χ0n) is 24.3. The molecule has 0 aliphatic heterocycles. The Morgan fingerprint density at radius 3 is 2.02 bits per heavy atom. The highest BCUT2D eigenvalue weighted by molar-refractivity contribution is 5.94. The van der Waals surface area contributed by atoms with Gasteiger partial charge in [-0.15, -0.1) is 0 Å². The van der Waals surface area contributed by atoms with E-state index in [1.807, 2.05) is 54.6 Å². The molecule has 1 fully saturated rings. The third kappa shape index (κ3) is 5.96. The molecule has 2 heterocycles. The van der Waals surface area contributed by atoms with Gasteiger partial charge in [0.1, 0.15) is 17.3 Å². The number of nitrogens with zero attached hydrogens (tertiary/aromatic N) is 3. The molecule has 0 bridgehead atoms. The van der Waals surface area contributed by atoms with Crippen molar-refractivity contribution in [3.8, 4) is 11.5 Å². The van der Waals surface area contributed by atoms with Crippen molar-refractivity contribution in [1.82, 2.24) is 14.9 Å². The van der Waals surface area contributed by atoms with Gasteiger partial charge in [0.2, 0.25) is 0 Å². The number of hydrogen-bond donors (Lipinski definition) is 1. The van der Waals surface area contributed by atoms with Crippen LogP contribution in [0.5, 0.6) is 11.5 Å². The number of rotatable bonds is 11. The van der Waals surface area contributed by atoms with Gasteiger partial charge in [0, 0.05) is 30.4 Å². The molecule has 0 unspecified atom stereocenters. The van der Waals surface area contributed by atoms with Gasteiger partial charge in [0.15, 0.2) is 0 Å². The lowest BCUT2D eigenvalue weighted by Crippen LogP contribution is -2.24. The number of pyridine rings is 1. The summed E-state index contributed by atoms with van der Waals surface area (Å²) in [6.07, 6.45) is 2.29. The molecule has 1 aliphatic rings. The number of carbonyl (C=O) groups is 1. The minimum atomic E-state index is -0.0711. The van der Waals surface area contributed by atoms with Crippen molar-refractivity contribution >= 4 is 22.8 Å². The van der Waals surface area contributed by atoms with E-state index >= 15 is 0 Å². The number of aromatic nitrogens is 2. The van der Waals surface area contributed by atoms with E-state index in [2.05, 4.69) is 58.1 Å². The summed E-state index contributed by atoms with van der Waals surface area (Å²) in [4.78, 5) is 20.4. The summed E-state index contributed by atoms with van der Waals surface area (Å²) in [5, 5.41) is 3.12. The number of aryl methyl sites for hydroxylation is 1. The molecular weight excluding hydrogens is 524 g/mol. The Kier molecular flexibility index (Phi) is 7.82. The van der Waals surface area contributed by atoms with E-state index < -0.39 is 0 Å². The van der Waals surface area contributed by atoms with Crippen LogP contribution in [0.4, 0.5) is 5.82 Å². The lowest BCUT2D eigenvalue weighted by Gasteiger charge is -2.26. The monoisotopic (exact) mass is 560 g/mol. The first-order chi connectivity index (χ1) is 20.5. The third-order valence-electron chi connectivity index (χ3n) is 7.81.